The van der Waals surface area contributed by atoms with Gasteiger partial charge in [0.05, 0.1) is 5.02 Å². The van der Waals surface area contributed by atoms with E-state index in [-0.39, 0.29) is 5.54 Å². The number of anilines is 1. The van der Waals surface area contributed by atoms with Gasteiger partial charge in [0.15, 0.2) is 0 Å². The SMILES string of the molecule is CC1(C)CN(c2ccc(I)c(Cl)c2)[C@@H]2CCCC[C@@H]2N1. The quantitative estimate of drug-likeness (QED) is 0.696. The van der Waals surface area contributed by atoms with E-state index in [4.69, 9.17) is 11.6 Å². The van der Waals surface area contributed by atoms with Crippen molar-refractivity contribution in [1.29, 1.82) is 0 Å². The molecule has 1 aromatic carbocycles. The molecule has 0 amide bonds. The van der Waals surface area contributed by atoms with Gasteiger partial charge < -0.3 is 10.2 Å². The Bertz CT molecular complexity index is 503. The number of piperazine rings is 1. The Balaban J connectivity index is 1.93. The predicted octanol–water partition coefficient (Wildman–Crippen LogP) is 4.44. The Hall–Kier alpha value is -0.000000000000000132. The number of hydrogen-bond donors (Lipinski definition) is 1. The molecule has 1 aromatic rings. The Morgan fingerprint density at radius 1 is 1.30 bits per heavy atom. The molecule has 1 saturated carbocycles. The molecule has 2 aliphatic rings. The molecule has 1 N–H and O–H groups in total. The maximum absolute atomic E-state index is 6.33. The minimum absolute atomic E-state index is 0.161. The fraction of sp³-hybridized carbons (Fsp3) is 0.625. The van der Waals surface area contributed by atoms with Gasteiger partial charge in [-0.25, -0.2) is 0 Å². The fourth-order valence-electron chi connectivity index (χ4n) is 3.69. The third-order valence-corrected chi connectivity index (χ3v) is 6.08. The molecule has 1 aliphatic heterocycles. The molecule has 2 atom stereocenters. The Kier molecular flexibility index (Phi) is 4.22. The van der Waals surface area contributed by atoms with Gasteiger partial charge in [-0.05, 0) is 67.5 Å². The molecular weight excluding hydrogens is 383 g/mol. The lowest BCUT2D eigenvalue weighted by Crippen LogP contribution is -2.67. The van der Waals surface area contributed by atoms with Crippen LogP contribution in [0.5, 0.6) is 0 Å². The zero-order chi connectivity index (χ0) is 14.3. The maximum atomic E-state index is 6.33. The maximum Gasteiger partial charge on any atom is 0.0560 e. The molecular formula is C16H22ClIN2. The van der Waals surface area contributed by atoms with Gasteiger partial charge in [-0.1, -0.05) is 24.4 Å². The highest BCUT2D eigenvalue weighted by Crippen LogP contribution is 2.35. The lowest BCUT2D eigenvalue weighted by atomic mass is 9.83. The van der Waals surface area contributed by atoms with Crippen LogP contribution in [0.1, 0.15) is 39.5 Å². The number of fused-ring (bicyclic) bond motifs is 1. The van der Waals surface area contributed by atoms with Crippen LogP contribution in [0.15, 0.2) is 18.2 Å². The molecule has 1 aliphatic carbocycles. The summed E-state index contributed by atoms with van der Waals surface area (Å²) < 4.78 is 1.13. The summed E-state index contributed by atoms with van der Waals surface area (Å²) in [5.41, 5.74) is 1.44. The summed E-state index contributed by atoms with van der Waals surface area (Å²) in [7, 11) is 0. The first-order chi connectivity index (χ1) is 9.46. The highest BCUT2D eigenvalue weighted by atomic mass is 127. The van der Waals surface area contributed by atoms with Crippen LogP contribution < -0.4 is 10.2 Å². The second-order valence-electron chi connectivity index (χ2n) is 6.71. The number of halogens is 2. The average molecular weight is 405 g/mol. The summed E-state index contributed by atoms with van der Waals surface area (Å²) in [5, 5.41) is 4.71. The van der Waals surface area contributed by atoms with Crippen molar-refractivity contribution in [2.24, 2.45) is 0 Å². The second-order valence-corrected chi connectivity index (χ2v) is 8.28. The zero-order valence-electron chi connectivity index (χ0n) is 12.1. The Labute approximate surface area is 140 Å². The van der Waals surface area contributed by atoms with Gasteiger partial charge in [0.25, 0.3) is 0 Å². The molecule has 2 nitrogen and oxygen atoms in total. The van der Waals surface area contributed by atoms with Crippen molar-refractivity contribution in [1.82, 2.24) is 5.32 Å². The van der Waals surface area contributed by atoms with Crippen molar-refractivity contribution in [3.63, 3.8) is 0 Å². The summed E-state index contributed by atoms with van der Waals surface area (Å²) in [4.78, 5) is 2.59. The van der Waals surface area contributed by atoms with Crippen LogP contribution in [0.4, 0.5) is 5.69 Å². The van der Waals surface area contributed by atoms with E-state index >= 15 is 0 Å². The standard InChI is InChI=1S/C16H22ClIN2/c1-16(2)10-20(11-7-8-13(18)12(17)9-11)15-6-4-3-5-14(15)19-16/h7-9,14-15,19H,3-6,10H2,1-2H3/t14-,15+/m0/s1. The predicted molar refractivity (Wildman–Crippen MR) is 94.8 cm³/mol. The molecule has 1 saturated heterocycles. The van der Waals surface area contributed by atoms with Crippen LogP contribution in [0.2, 0.25) is 5.02 Å². The number of nitrogens with one attached hydrogen (secondary N) is 1. The van der Waals surface area contributed by atoms with Crippen LogP contribution in [-0.2, 0) is 0 Å². The number of rotatable bonds is 1. The van der Waals surface area contributed by atoms with Gasteiger partial charge in [-0.15, -0.1) is 0 Å². The van der Waals surface area contributed by atoms with E-state index < -0.39 is 0 Å². The minimum atomic E-state index is 0.161. The van der Waals surface area contributed by atoms with E-state index in [0.717, 1.165) is 15.1 Å². The highest BCUT2D eigenvalue weighted by Gasteiger charge is 2.40. The van der Waals surface area contributed by atoms with Gasteiger partial charge >= 0.3 is 0 Å². The minimum Gasteiger partial charge on any atom is -0.365 e. The van der Waals surface area contributed by atoms with E-state index in [0.29, 0.717) is 12.1 Å². The van der Waals surface area contributed by atoms with Gasteiger partial charge in [0.1, 0.15) is 0 Å². The lowest BCUT2D eigenvalue weighted by molar-refractivity contribution is 0.199. The van der Waals surface area contributed by atoms with Crippen molar-refractivity contribution in [3.05, 3.63) is 26.8 Å². The molecule has 1 heterocycles. The largest absolute Gasteiger partial charge is 0.365 e. The zero-order valence-corrected chi connectivity index (χ0v) is 15.0. The first kappa shape index (κ1) is 14.9. The number of hydrogen-bond acceptors (Lipinski definition) is 2. The number of nitrogens with zero attached hydrogens (tertiary/aromatic N) is 1. The van der Waals surface area contributed by atoms with Crippen molar-refractivity contribution in [2.75, 3.05) is 11.4 Å². The third kappa shape index (κ3) is 2.95. The van der Waals surface area contributed by atoms with Gasteiger partial charge in [0.2, 0.25) is 0 Å². The van der Waals surface area contributed by atoms with Crippen molar-refractivity contribution in [2.45, 2.75) is 57.2 Å². The van der Waals surface area contributed by atoms with E-state index in [2.05, 4.69) is 64.9 Å². The molecule has 0 radical (unpaired) electrons. The topological polar surface area (TPSA) is 15.3 Å². The molecule has 20 heavy (non-hydrogen) atoms. The summed E-state index contributed by atoms with van der Waals surface area (Å²) in [5.74, 6) is 0. The summed E-state index contributed by atoms with van der Waals surface area (Å²) in [6.45, 7) is 5.66. The van der Waals surface area contributed by atoms with Crippen molar-refractivity contribution >= 4 is 39.9 Å². The summed E-state index contributed by atoms with van der Waals surface area (Å²) in [6.07, 6.45) is 5.28. The summed E-state index contributed by atoms with van der Waals surface area (Å²) >= 11 is 8.62. The molecule has 3 rings (SSSR count). The van der Waals surface area contributed by atoms with Crippen LogP contribution in [0.3, 0.4) is 0 Å². The molecule has 4 heteroatoms. The Morgan fingerprint density at radius 2 is 2.05 bits per heavy atom. The first-order valence-corrected chi connectivity index (χ1v) is 8.91. The van der Waals surface area contributed by atoms with Gasteiger partial charge in [-0.2, -0.15) is 0 Å². The van der Waals surface area contributed by atoms with Crippen LogP contribution in [0.25, 0.3) is 0 Å². The van der Waals surface area contributed by atoms with E-state index in [1.54, 1.807) is 0 Å². The summed E-state index contributed by atoms with van der Waals surface area (Å²) in [6, 6.07) is 7.72. The first-order valence-electron chi connectivity index (χ1n) is 7.46. The van der Waals surface area contributed by atoms with E-state index in [1.807, 2.05) is 0 Å². The molecule has 0 spiro atoms. The average Bonchev–Trinajstić information content (AvgIpc) is 2.40. The highest BCUT2D eigenvalue weighted by molar-refractivity contribution is 14.1. The Morgan fingerprint density at radius 3 is 2.80 bits per heavy atom. The third-order valence-electron chi connectivity index (χ3n) is 4.51. The molecule has 110 valence electrons. The van der Waals surface area contributed by atoms with Crippen molar-refractivity contribution in [3.8, 4) is 0 Å². The smallest absolute Gasteiger partial charge is 0.0560 e. The molecule has 2 fully saturated rings. The van der Waals surface area contributed by atoms with Crippen LogP contribution in [0, 0.1) is 3.57 Å². The fourth-order valence-corrected chi connectivity index (χ4v) is 4.20. The normalized spacial score (nSPS) is 29.1. The van der Waals surface area contributed by atoms with E-state index in [1.165, 1.54) is 31.4 Å². The van der Waals surface area contributed by atoms with Gasteiger partial charge in [0, 0.05) is 33.4 Å². The second kappa shape index (κ2) is 5.65. The van der Waals surface area contributed by atoms with E-state index in [9.17, 15) is 0 Å². The number of benzene rings is 1. The molecule has 0 unspecified atom stereocenters. The van der Waals surface area contributed by atoms with Gasteiger partial charge in [-0.3, -0.25) is 0 Å². The van der Waals surface area contributed by atoms with Crippen LogP contribution >= 0.6 is 34.2 Å². The van der Waals surface area contributed by atoms with Crippen molar-refractivity contribution < 1.29 is 0 Å². The van der Waals surface area contributed by atoms with Crippen LogP contribution in [-0.4, -0.2) is 24.2 Å². The monoisotopic (exact) mass is 404 g/mol. The molecule has 0 aromatic heterocycles. The molecule has 0 bridgehead atoms. The lowest BCUT2D eigenvalue weighted by Gasteiger charge is -2.52.